The number of nitrogens with two attached hydrogens (primary N) is 1. The van der Waals surface area contributed by atoms with Gasteiger partial charge in [-0.3, -0.25) is 4.90 Å². The van der Waals surface area contributed by atoms with Crippen LogP contribution in [-0.4, -0.2) is 28.0 Å². The van der Waals surface area contributed by atoms with E-state index in [9.17, 15) is 0 Å². The Hall–Kier alpha value is -0.510. The molecular weight excluding hydrogens is 240 g/mol. The minimum absolute atomic E-state index is 0.210. The molecule has 3 heteroatoms. The molecule has 2 aliphatic heterocycles. The average Bonchev–Trinajstić information content (AvgIpc) is 2.83. The monoisotopic (exact) mass is 262 g/mol. The van der Waals surface area contributed by atoms with Crippen molar-refractivity contribution in [3.8, 4) is 0 Å². The summed E-state index contributed by atoms with van der Waals surface area (Å²) in [6.07, 6.45) is 2.56. The lowest BCUT2D eigenvalue weighted by Crippen LogP contribution is -2.59. The Labute approximate surface area is 114 Å². The number of nitrogens with zero attached hydrogens (tertiary/aromatic N) is 1. The maximum absolute atomic E-state index is 6.19. The predicted molar refractivity (Wildman–Crippen MR) is 78.6 cm³/mol. The van der Waals surface area contributed by atoms with Crippen LogP contribution in [0.1, 0.15) is 30.9 Å². The fraction of sp³-hybridized carbons (Fsp3) is 0.600. The van der Waals surface area contributed by atoms with E-state index in [2.05, 4.69) is 47.9 Å². The summed E-state index contributed by atoms with van der Waals surface area (Å²) in [5.74, 6) is 1.30. The largest absolute Gasteiger partial charge is 0.329 e. The quantitative estimate of drug-likeness (QED) is 0.888. The minimum Gasteiger partial charge on any atom is -0.329 e. The lowest BCUT2D eigenvalue weighted by Gasteiger charge is -2.48. The smallest absolute Gasteiger partial charge is 0.0454 e. The lowest BCUT2D eigenvalue weighted by molar-refractivity contribution is 0.0791. The van der Waals surface area contributed by atoms with Crippen molar-refractivity contribution in [3.05, 3.63) is 35.4 Å². The second-order valence-electron chi connectivity index (χ2n) is 5.55. The maximum Gasteiger partial charge on any atom is 0.0454 e. The van der Waals surface area contributed by atoms with E-state index in [0.29, 0.717) is 5.25 Å². The number of hydrogen-bond donors (Lipinski definition) is 1. The molecule has 0 aromatic heterocycles. The summed E-state index contributed by atoms with van der Waals surface area (Å²) < 4.78 is 0. The van der Waals surface area contributed by atoms with Gasteiger partial charge in [0.25, 0.3) is 0 Å². The van der Waals surface area contributed by atoms with Crippen molar-refractivity contribution in [2.75, 3.05) is 12.3 Å². The van der Waals surface area contributed by atoms with E-state index in [-0.39, 0.29) is 5.54 Å². The molecule has 0 radical (unpaired) electrons. The summed E-state index contributed by atoms with van der Waals surface area (Å²) in [6.45, 7) is 5.31. The van der Waals surface area contributed by atoms with Crippen molar-refractivity contribution in [3.63, 3.8) is 0 Å². The molecule has 0 saturated carbocycles. The van der Waals surface area contributed by atoms with Crippen LogP contribution in [0, 0.1) is 0 Å². The Balaban J connectivity index is 1.87. The van der Waals surface area contributed by atoms with Crippen LogP contribution in [0.25, 0.3) is 0 Å². The topological polar surface area (TPSA) is 29.3 Å². The van der Waals surface area contributed by atoms with Gasteiger partial charge in [-0.15, -0.1) is 0 Å². The molecule has 2 N–H and O–H groups in total. The Morgan fingerprint density at radius 2 is 2.00 bits per heavy atom. The summed E-state index contributed by atoms with van der Waals surface area (Å²) in [5, 5.41) is 0.644. The van der Waals surface area contributed by atoms with Crippen molar-refractivity contribution in [2.45, 2.75) is 43.6 Å². The van der Waals surface area contributed by atoms with E-state index in [0.717, 1.165) is 19.6 Å². The summed E-state index contributed by atoms with van der Waals surface area (Å²) in [7, 11) is 0. The van der Waals surface area contributed by atoms with E-state index in [1.165, 1.54) is 29.7 Å². The molecule has 2 nitrogen and oxygen atoms in total. The highest BCUT2D eigenvalue weighted by atomic mass is 32.2. The van der Waals surface area contributed by atoms with E-state index in [4.69, 9.17) is 5.73 Å². The zero-order chi connectivity index (χ0) is 12.6. The average molecular weight is 262 g/mol. The van der Waals surface area contributed by atoms with Gasteiger partial charge in [0.05, 0.1) is 0 Å². The highest BCUT2D eigenvalue weighted by Gasteiger charge is 2.44. The Morgan fingerprint density at radius 1 is 1.33 bits per heavy atom. The van der Waals surface area contributed by atoms with E-state index >= 15 is 0 Å². The van der Waals surface area contributed by atoms with Gasteiger partial charge in [0.15, 0.2) is 0 Å². The molecule has 0 amide bonds. The Kier molecular flexibility index (Phi) is 3.39. The second kappa shape index (κ2) is 4.87. The van der Waals surface area contributed by atoms with E-state index in [1.807, 2.05) is 0 Å². The Morgan fingerprint density at radius 3 is 2.56 bits per heavy atom. The summed E-state index contributed by atoms with van der Waals surface area (Å²) in [4.78, 5) is 2.63. The van der Waals surface area contributed by atoms with Gasteiger partial charge in [-0.1, -0.05) is 31.2 Å². The van der Waals surface area contributed by atoms with Gasteiger partial charge in [0.1, 0.15) is 0 Å². The first-order chi connectivity index (χ1) is 8.76. The fourth-order valence-electron chi connectivity index (χ4n) is 3.46. The number of hydrogen-bond acceptors (Lipinski definition) is 3. The molecule has 98 valence electrons. The molecule has 2 heterocycles. The van der Waals surface area contributed by atoms with Crippen molar-refractivity contribution >= 4 is 11.8 Å². The first-order valence-corrected chi connectivity index (χ1v) is 7.95. The molecule has 0 aliphatic carbocycles. The molecule has 1 fully saturated rings. The van der Waals surface area contributed by atoms with Crippen molar-refractivity contribution in [1.82, 2.24) is 4.90 Å². The molecule has 2 aliphatic rings. The molecular formula is C15H22N2S. The third-order valence-electron chi connectivity index (χ3n) is 4.70. The van der Waals surface area contributed by atoms with Crippen LogP contribution in [0.15, 0.2) is 24.3 Å². The summed E-state index contributed by atoms with van der Waals surface area (Å²) in [6, 6.07) is 8.83. The van der Waals surface area contributed by atoms with Crippen LogP contribution >= 0.6 is 11.8 Å². The standard InChI is InChI=1S/C15H22N2S/c1-12-15(11-16,7-4-8-18-12)17-9-13-5-2-3-6-14(13)10-17/h2-3,5-6,12H,4,7-11,16H2,1H3. The van der Waals surface area contributed by atoms with Crippen LogP contribution in [0.2, 0.25) is 0 Å². The molecule has 3 rings (SSSR count). The SMILES string of the molecule is CC1SCCCC1(CN)N1Cc2ccccc2C1. The van der Waals surface area contributed by atoms with Crippen LogP contribution in [0.5, 0.6) is 0 Å². The van der Waals surface area contributed by atoms with Crippen molar-refractivity contribution in [2.24, 2.45) is 5.73 Å². The van der Waals surface area contributed by atoms with Crippen LogP contribution < -0.4 is 5.73 Å². The van der Waals surface area contributed by atoms with Gasteiger partial charge in [0.2, 0.25) is 0 Å². The second-order valence-corrected chi connectivity index (χ2v) is 7.00. The molecule has 0 spiro atoms. The number of fused-ring (bicyclic) bond motifs is 1. The van der Waals surface area contributed by atoms with Gasteiger partial charge >= 0.3 is 0 Å². The summed E-state index contributed by atoms with van der Waals surface area (Å²) in [5.41, 5.74) is 9.39. The molecule has 1 aromatic rings. The minimum atomic E-state index is 0.210. The molecule has 1 saturated heterocycles. The van der Waals surface area contributed by atoms with Crippen molar-refractivity contribution in [1.29, 1.82) is 0 Å². The first-order valence-electron chi connectivity index (χ1n) is 6.90. The van der Waals surface area contributed by atoms with Crippen LogP contribution in [-0.2, 0) is 13.1 Å². The predicted octanol–water partition coefficient (Wildman–Crippen LogP) is 2.62. The molecule has 0 bridgehead atoms. The van der Waals surface area contributed by atoms with Gasteiger partial charge in [-0.2, -0.15) is 11.8 Å². The van der Waals surface area contributed by atoms with Crippen molar-refractivity contribution < 1.29 is 0 Å². The van der Waals surface area contributed by atoms with Gasteiger partial charge in [-0.05, 0) is 29.7 Å². The van der Waals surface area contributed by atoms with Gasteiger partial charge < -0.3 is 5.73 Å². The molecule has 1 aromatic carbocycles. The first kappa shape index (κ1) is 12.5. The zero-order valence-electron chi connectivity index (χ0n) is 11.1. The maximum atomic E-state index is 6.19. The number of thioether (sulfide) groups is 1. The van der Waals surface area contributed by atoms with Gasteiger partial charge in [0, 0.05) is 30.4 Å². The fourth-order valence-corrected chi connectivity index (χ4v) is 4.80. The third kappa shape index (κ3) is 1.89. The Bertz CT molecular complexity index is 409. The normalized spacial score (nSPS) is 32.4. The highest BCUT2D eigenvalue weighted by Crippen LogP contribution is 2.41. The van der Waals surface area contributed by atoms with Crippen LogP contribution in [0.3, 0.4) is 0 Å². The number of benzene rings is 1. The van der Waals surface area contributed by atoms with Crippen LogP contribution in [0.4, 0.5) is 0 Å². The number of rotatable bonds is 2. The van der Waals surface area contributed by atoms with E-state index < -0.39 is 0 Å². The van der Waals surface area contributed by atoms with Gasteiger partial charge in [-0.25, -0.2) is 0 Å². The summed E-state index contributed by atoms with van der Waals surface area (Å²) >= 11 is 2.09. The highest BCUT2D eigenvalue weighted by molar-refractivity contribution is 8.00. The molecule has 2 unspecified atom stereocenters. The van der Waals surface area contributed by atoms with E-state index in [1.54, 1.807) is 0 Å². The molecule has 2 atom stereocenters. The molecule has 18 heavy (non-hydrogen) atoms. The zero-order valence-corrected chi connectivity index (χ0v) is 11.9. The third-order valence-corrected chi connectivity index (χ3v) is 6.17. The lowest BCUT2D eigenvalue weighted by atomic mass is 9.87.